The lowest BCUT2D eigenvalue weighted by molar-refractivity contribution is -0.165. The van der Waals surface area contributed by atoms with E-state index in [0.717, 1.165) is 55.5 Å². The van der Waals surface area contributed by atoms with E-state index in [0.29, 0.717) is 29.0 Å². The largest absolute Gasteiger partial charge is 0.495 e. The molecule has 3 aromatic rings. The van der Waals surface area contributed by atoms with E-state index >= 15 is 0 Å². The van der Waals surface area contributed by atoms with Gasteiger partial charge in [0.25, 0.3) is 5.91 Å². The van der Waals surface area contributed by atoms with Gasteiger partial charge in [0.1, 0.15) is 23.4 Å². The van der Waals surface area contributed by atoms with Gasteiger partial charge in [-0.25, -0.2) is 23.6 Å². The number of piperazine rings is 1. The molecule has 3 aliphatic rings. The van der Waals surface area contributed by atoms with Crippen molar-refractivity contribution in [3.05, 3.63) is 53.5 Å². The van der Waals surface area contributed by atoms with Crippen LogP contribution in [0.4, 0.5) is 31.9 Å². The number of hydrogen-bond acceptors (Lipinski definition) is 11. The van der Waals surface area contributed by atoms with Gasteiger partial charge >= 0.3 is 5.92 Å². The minimum atomic E-state index is -3.38. The van der Waals surface area contributed by atoms with Crippen LogP contribution in [0.25, 0.3) is 16.1 Å². The van der Waals surface area contributed by atoms with E-state index in [4.69, 9.17) is 20.8 Å². The Kier molecular flexibility index (Phi) is 9.58. The zero-order valence-electron chi connectivity index (χ0n) is 27.0. The number of carbonyl (C=O) groups is 1. The van der Waals surface area contributed by atoms with E-state index in [2.05, 4.69) is 34.9 Å². The summed E-state index contributed by atoms with van der Waals surface area (Å²) in [5.41, 5.74) is 2.80. The molecule has 13 nitrogen and oxygen atoms in total. The second kappa shape index (κ2) is 13.8. The van der Waals surface area contributed by atoms with Gasteiger partial charge in [-0.2, -0.15) is 4.98 Å². The summed E-state index contributed by atoms with van der Waals surface area (Å²) in [5.74, 6) is -2.88. The van der Waals surface area contributed by atoms with Gasteiger partial charge in [-0.15, -0.1) is 0 Å². The van der Waals surface area contributed by atoms with Gasteiger partial charge < -0.3 is 34.4 Å². The van der Waals surface area contributed by atoms with Crippen LogP contribution >= 0.6 is 0 Å². The van der Waals surface area contributed by atoms with Crippen LogP contribution in [-0.2, 0) is 9.53 Å². The van der Waals surface area contributed by atoms with E-state index in [9.17, 15) is 18.7 Å². The Hall–Kier alpha value is -4.65. The van der Waals surface area contributed by atoms with Crippen molar-refractivity contribution in [1.82, 2.24) is 24.8 Å². The number of aliphatic hydroxyl groups excluding tert-OH is 1. The van der Waals surface area contributed by atoms with Crippen LogP contribution in [0, 0.1) is 13.5 Å². The number of nitrogens with one attached hydrogen (secondary N) is 1. The quantitative estimate of drug-likeness (QED) is 0.325. The highest BCUT2D eigenvalue weighted by atomic mass is 19.3. The first-order valence-corrected chi connectivity index (χ1v) is 15.8. The zero-order chi connectivity index (χ0) is 34.0. The average Bonchev–Trinajstić information content (AvgIpc) is 3.05. The van der Waals surface area contributed by atoms with Crippen LogP contribution < -0.4 is 19.7 Å². The molecule has 3 saturated heterocycles. The number of hydrogen-bond donors (Lipinski definition) is 2. The molecule has 0 spiro atoms. The monoisotopic (exact) mass is 664 g/mol. The molecule has 48 heavy (non-hydrogen) atoms. The predicted octanol–water partition coefficient (Wildman–Crippen LogP) is 3.67. The highest BCUT2D eigenvalue weighted by molar-refractivity contribution is 5.80. The topological polar surface area (TPSA) is 130 Å². The number of rotatable bonds is 9. The summed E-state index contributed by atoms with van der Waals surface area (Å²) < 4.78 is 46.6. The van der Waals surface area contributed by atoms with Crippen molar-refractivity contribution in [1.29, 1.82) is 0 Å². The van der Waals surface area contributed by atoms with Crippen LogP contribution in [0.3, 0.4) is 0 Å². The fourth-order valence-corrected chi connectivity index (χ4v) is 6.09. The highest BCUT2D eigenvalue weighted by Crippen LogP contribution is 2.38. The molecule has 15 heteroatoms. The number of aryl methyl sites for hydroxylation is 1. The number of anilines is 3. The van der Waals surface area contributed by atoms with Crippen molar-refractivity contribution in [3.63, 3.8) is 0 Å². The molecular weight excluding hydrogens is 626 g/mol. The normalized spacial score (nSPS) is 20.4. The number of nitrogens with zero attached hydrogens (tertiary/aromatic N) is 7. The molecule has 3 aliphatic heterocycles. The lowest BCUT2D eigenvalue weighted by atomic mass is 10.0. The number of methoxy groups -OCH3 is 1. The number of carbonyl (C=O) groups excluding carboxylic acids is 1. The molecule has 3 fully saturated rings. The number of ether oxygens (including phenoxy) is 3. The molecule has 2 aromatic heterocycles. The third-order valence-corrected chi connectivity index (χ3v) is 8.86. The lowest BCUT2D eigenvalue weighted by Gasteiger charge is -2.43. The van der Waals surface area contributed by atoms with Crippen LogP contribution in [0.15, 0.2) is 36.5 Å². The maximum absolute atomic E-state index is 15.0. The Morgan fingerprint density at radius 3 is 2.58 bits per heavy atom. The summed E-state index contributed by atoms with van der Waals surface area (Å²) >= 11 is 0. The summed E-state index contributed by atoms with van der Waals surface area (Å²) in [7, 11) is 1.59. The maximum atomic E-state index is 15.0. The van der Waals surface area contributed by atoms with Gasteiger partial charge in [0.05, 0.1) is 45.2 Å². The van der Waals surface area contributed by atoms with Gasteiger partial charge in [-0.05, 0) is 49.2 Å². The molecule has 254 valence electrons. The molecular formula is C33H38F2N8O5. The number of likely N-dealkylation sites (tertiary alicyclic amines) is 1. The van der Waals surface area contributed by atoms with Crippen LogP contribution in [0.5, 0.6) is 11.6 Å². The first-order valence-electron chi connectivity index (χ1n) is 15.8. The number of piperidine rings is 1. The number of halogens is 2. The molecule has 6 rings (SSSR count). The summed E-state index contributed by atoms with van der Waals surface area (Å²) in [4.78, 5) is 35.0. The van der Waals surface area contributed by atoms with Gasteiger partial charge in [0.15, 0.2) is 6.10 Å². The smallest absolute Gasteiger partial charge is 0.301 e. The average molecular weight is 665 g/mol. The SMILES string of the molecule is [C-]#[N+]c1cc(-c2nc(Nc3ccc(N4CCN(C5COC5)CC4)c(OC)n3)ncc2C)ccc1OC1CCN(C(=O)[C@@H](C)O)CC1(F)F. The van der Waals surface area contributed by atoms with E-state index in [1.54, 1.807) is 25.4 Å². The first-order chi connectivity index (χ1) is 23.1. The van der Waals surface area contributed by atoms with Crippen molar-refractivity contribution in [2.75, 3.05) is 69.8 Å². The predicted molar refractivity (Wildman–Crippen MR) is 173 cm³/mol. The molecule has 0 radical (unpaired) electrons. The molecule has 2 atom stereocenters. The molecule has 0 bridgehead atoms. The third kappa shape index (κ3) is 6.96. The van der Waals surface area contributed by atoms with Gasteiger partial charge in [-0.3, -0.25) is 9.69 Å². The Bertz CT molecular complexity index is 1690. The second-order valence-corrected chi connectivity index (χ2v) is 12.2. The lowest BCUT2D eigenvalue weighted by Crippen LogP contribution is -2.56. The van der Waals surface area contributed by atoms with Gasteiger partial charge in [0, 0.05) is 45.3 Å². The summed E-state index contributed by atoms with van der Waals surface area (Å²) in [6.07, 6.45) is -1.42. The molecule has 0 aliphatic carbocycles. The van der Waals surface area contributed by atoms with E-state index in [1.807, 2.05) is 19.1 Å². The van der Waals surface area contributed by atoms with Crippen molar-refractivity contribution in [2.45, 2.75) is 44.4 Å². The van der Waals surface area contributed by atoms with Crippen molar-refractivity contribution in [3.8, 4) is 22.9 Å². The minimum absolute atomic E-state index is 0.00234. The van der Waals surface area contributed by atoms with E-state index in [1.165, 1.54) is 13.0 Å². The van der Waals surface area contributed by atoms with Crippen LogP contribution in [0.2, 0.25) is 0 Å². The zero-order valence-corrected chi connectivity index (χ0v) is 27.0. The number of benzene rings is 1. The first kappa shape index (κ1) is 33.3. The molecule has 1 unspecified atom stereocenters. The van der Waals surface area contributed by atoms with E-state index < -0.39 is 30.6 Å². The summed E-state index contributed by atoms with van der Waals surface area (Å²) in [6.45, 7) is 15.1. The number of aromatic nitrogens is 3. The molecule has 1 aromatic carbocycles. The maximum Gasteiger partial charge on any atom is 0.301 e. The number of pyridine rings is 1. The molecule has 0 saturated carbocycles. The van der Waals surface area contributed by atoms with E-state index in [-0.39, 0.29) is 30.4 Å². The summed E-state index contributed by atoms with van der Waals surface area (Å²) in [5, 5.41) is 12.7. The van der Waals surface area contributed by atoms with Crippen molar-refractivity contribution < 1.29 is 32.9 Å². The van der Waals surface area contributed by atoms with Gasteiger partial charge in [-0.1, -0.05) is 6.07 Å². The molecule has 5 heterocycles. The minimum Gasteiger partial charge on any atom is -0.495 e. The number of alkyl halides is 2. The second-order valence-electron chi connectivity index (χ2n) is 12.2. The van der Waals surface area contributed by atoms with Crippen LogP contribution in [-0.4, -0.2) is 120 Å². The summed E-state index contributed by atoms with van der Waals surface area (Å²) in [6, 6.07) is 8.99. The highest BCUT2D eigenvalue weighted by Gasteiger charge is 2.48. The Morgan fingerprint density at radius 1 is 1.17 bits per heavy atom. The standard InChI is InChI=1S/C33H38F2N8O5/c1-20-16-37-32(39-28-8-6-25(30(38-28)46-4)42-13-11-41(12-14-42)23-17-47-18-23)40-29(20)22-5-7-26(24(15-22)36-3)48-27-9-10-43(19-33(27,34)35)31(45)21(2)44/h5-8,15-16,21,23,27,44H,9-14,17-19H2,1-2,4H3,(H,37,38,39,40)/t21-,27?/m1/s1. The third-order valence-electron chi connectivity index (χ3n) is 8.86. The number of aliphatic hydroxyl groups is 1. The molecule has 2 N–H and O–H groups in total. The molecule has 1 amide bonds. The Morgan fingerprint density at radius 2 is 1.94 bits per heavy atom. The van der Waals surface area contributed by atoms with Crippen molar-refractivity contribution in [2.24, 2.45) is 0 Å². The van der Waals surface area contributed by atoms with Gasteiger partial charge in [0.2, 0.25) is 17.5 Å². The Labute approximate surface area is 277 Å². The fourth-order valence-electron chi connectivity index (χ4n) is 6.09. The van der Waals surface area contributed by atoms with Crippen LogP contribution in [0.1, 0.15) is 18.9 Å². The number of amides is 1. The van der Waals surface area contributed by atoms with Crippen molar-refractivity contribution >= 4 is 29.0 Å². The fraction of sp³-hybridized carbons (Fsp3) is 0.485. The Balaban J connectivity index is 1.15.